The predicted octanol–water partition coefficient (Wildman–Crippen LogP) is -0.403. The van der Waals surface area contributed by atoms with Crippen molar-refractivity contribution in [2.45, 2.75) is 19.6 Å². The second kappa shape index (κ2) is 7.40. The lowest BCUT2D eigenvalue weighted by Crippen LogP contribution is -2.34. The number of nitrogens with zero attached hydrogens (tertiary/aromatic N) is 5. The van der Waals surface area contributed by atoms with Crippen molar-refractivity contribution in [3.63, 3.8) is 0 Å². The van der Waals surface area contributed by atoms with E-state index in [2.05, 4.69) is 29.8 Å². The molecule has 0 spiro atoms. The molecule has 0 saturated heterocycles. The first kappa shape index (κ1) is 16.5. The van der Waals surface area contributed by atoms with Crippen LogP contribution < -0.4 is 0 Å². The summed E-state index contributed by atoms with van der Waals surface area (Å²) in [6, 6.07) is 1.75. The number of methoxy groups -OCH3 is 2. The Kier molecular flexibility index (Phi) is 5.31. The van der Waals surface area contributed by atoms with Gasteiger partial charge < -0.3 is 14.2 Å². The third kappa shape index (κ3) is 4.07. The molecule has 2 aromatic heterocycles. The Bertz CT molecular complexity index is 686. The van der Waals surface area contributed by atoms with Gasteiger partial charge in [0.05, 0.1) is 27.0 Å². The molecule has 0 aliphatic carbocycles. The summed E-state index contributed by atoms with van der Waals surface area (Å²) in [5.74, 6) is -1.36. The van der Waals surface area contributed by atoms with E-state index >= 15 is 0 Å². The maximum atomic E-state index is 11.5. The summed E-state index contributed by atoms with van der Waals surface area (Å²) >= 11 is 0. The lowest BCUT2D eigenvalue weighted by atomic mass is 10.3. The minimum Gasteiger partial charge on any atom is -0.467 e. The summed E-state index contributed by atoms with van der Waals surface area (Å²) in [5.41, 5.74) is 1.16. The summed E-state index contributed by atoms with van der Waals surface area (Å²) in [5, 5.41) is 7.73. The number of hydrogen-bond donors (Lipinski definition) is 0. The molecule has 0 bridgehead atoms. The average Bonchev–Trinajstić information content (AvgIpc) is 3.03. The monoisotopic (exact) mass is 321 g/mol. The first-order chi connectivity index (χ1) is 11.0. The van der Waals surface area contributed by atoms with Gasteiger partial charge in [0, 0.05) is 11.9 Å². The van der Waals surface area contributed by atoms with Gasteiger partial charge in [0.25, 0.3) is 12.1 Å². The molecule has 0 saturated carbocycles. The number of esters is 2. The number of aryl methyl sites for hydroxylation is 1. The van der Waals surface area contributed by atoms with Gasteiger partial charge in [-0.25, -0.2) is 19.6 Å². The summed E-state index contributed by atoms with van der Waals surface area (Å²) in [6.07, 6.45) is 1.64. The van der Waals surface area contributed by atoms with Gasteiger partial charge in [-0.3, -0.25) is 0 Å². The minimum absolute atomic E-state index is 0.138. The zero-order valence-electron chi connectivity index (χ0n) is 12.8. The third-order valence-electron chi connectivity index (χ3n) is 2.76. The van der Waals surface area contributed by atoms with Crippen molar-refractivity contribution in [3.05, 3.63) is 29.8 Å². The van der Waals surface area contributed by atoms with Gasteiger partial charge in [-0.05, 0) is 13.0 Å². The van der Waals surface area contributed by atoms with E-state index in [9.17, 15) is 9.59 Å². The van der Waals surface area contributed by atoms with E-state index in [1.807, 2.05) is 6.92 Å². The van der Waals surface area contributed by atoms with Gasteiger partial charge in [-0.2, -0.15) is 4.68 Å². The fourth-order valence-corrected chi connectivity index (χ4v) is 1.62. The molecule has 122 valence electrons. The molecule has 2 rings (SSSR count). The highest BCUT2D eigenvalue weighted by Crippen LogP contribution is 2.06. The Morgan fingerprint density at radius 3 is 2.57 bits per heavy atom. The van der Waals surface area contributed by atoms with Crippen molar-refractivity contribution in [1.29, 1.82) is 0 Å². The first-order valence-corrected chi connectivity index (χ1v) is 6.53. The van der Waals surface area contributed by atoms with E-state index < -0.39 is 18.0 Å². The zero-order valence-corrected chi connectivity index (χ0v) is 12.8. The van der Waals surface area contributed by atoms with E-state index in [-0.39, 0.29) is 6.61 Å². The normalized spacial score (nSPS) is 10.6. The standard InChI is InChI=1S/C13H15N5O5/c1-8-4-5-14-13(15-8)18-6-9(16-17-18)7-23-10(11(19)21-2)12(20)22-3/h4-6,10H,7H2,1-3H3. The Balaban J connectivity index is 2.06. The van der Waals surface area contributed by atoms with Crippen LogP contribution in [0.2, 0.25) is 0 Å². The molecule has 0 unspecified atom stereocenters. The van der Waals surface area contributed by atoms with Gasteiger partial charge in [-0.1, -0.05) is 5.21 Å². The molecule has 0 aliphatic rings. The largest absolute Gasteiger partial charge is 0.467 e. The molecule has 0 atom stereocenters. The maximum Gasteiger partial charge on any atom is 0.346 e. The fraction of sp³-hybridized carbons (Fsp3) is 0.385. The second-order valence-electron chi connectivity index (χ2n) is 4.39. The Morgan fingerprint density at radius 2 is 1.96 bits per heavy atom. The molecule has 0 aromatic carbocycles. The highest BCUT2D eigenvalue weighted by Gasteiger charge is 2.30. The van der Waals surface area contributed by atoms with E-state index in [4.69, 9.17) is 4.74 Å². The molecular weight excluding hydrogens is 306 g/mol. The number of hydrogen-bond acceptors (Lipinski definition) is 9. The van der Waals surface area contributed by atoms with Crippen LogP contribution in [0.25, 0.3) is 5.95 Å². The zero-order chi connectivity index (χ0) is 16.8. The number of carbonyl (C=O) groups is 2. The van der Waals surface area contributed by atoms with Gasteiger partial charge in [0.1, 0.15) is 5.69 Å². The van der Waals surface area contributed by atoms with Crippen LogP contribution in [0.3, 0.4) is 0 Å². The van der Waals surface area contributed by atoms with Crippen LogP contribution in [-0.4, -0.2) is 57.2 Å². The van der Waals surface area contributed by atoms with Crippen LogP contribution in [0, 0.1) is 6.92 Å². The van der Waals surface area contributed by atoms with Gasteiger partial charge >= 0.3 is 11.9 Å². The van der Waals surface area contributed by atoms with E-state index in [0.29, 0.717) is 11.6 Å². The predicted molar refractivity (Wildman–Crippen MR) is 74.3 cm³/mol. The lowest BCUT2D eigenvalue weighted by molar-refractivity contribution is -0.171. The molecule has 2 heterocycles. The van der Waals surface area contributed by atoms with Crippen molar-refractivity contribution < 1.29 is 23.8 Å². The minimum atomic E-state index is -1.48. The van der Waals surface area contributed by atoms with Crippen molar-refractivity contribution in [2.24, 2.45) is 0 Å². The molecule has 0 fully saturated rings. The van der Waals surface area contributed by atoms with Gasteiger partial charge in [-0.15, -0.1) is 5.10 Å². The second-order valence-corrected chi connectivity index (χ2v) is 4.39. The molecule has 10 heteroatoms. The van der Waals surface area contributed by atoms with E-state index in [1.54, 1.807) is 12.3 Å². The van der Waals surface area contributed by atoms with Gasteiger partial charge in [0.15, 0.2) is 0 Å². The smallest absolute Gasteiger partial charge is 0.346 e. The third-order valence-corrected chi connectivity index (χ3v) is 2.76. The average molecular weight is 321 g/mol. The Hall–Kier alpha value is -2.88. The molecule has 0 aliphatic heterocycles. The molecule has 0 N–H and O–H groups in total. The quantitative estimate of drug-likeness (QED) is 0.517. The molecule has 0 amide bonds. The Labute approximate surface area is 131 Å². The van der Waals surface area contributed by atoms with Crippen molar-refractivity contribution in [2.75, 3.05) is 14.2 Å². The maximum absolute atomic E-state index is 11.5. The van der Waals surface area contributed by atoms with Crippen LogP contribution in [-0.2, 0) is 30.4 Å². The molecule has 23 heavy (non-hydrogen) atoms. The van der Waals surface area contributed by atoms with Crippen molar-refractivity contribution in [1.82, 2.24) is 25.0 Å². The molecular formula is C13H15N5O5. The molecule has 2 aromatic rings. The van der Waals surface area contributed by atoms with Crippen LogP contribution in [0.4, 0.5) is 0 Å². The van der Waals surface area contributed by atoms with E-state index in [1.165, 1.54) is 10.9 Å². The fourth-order valence-electron chi connectivity index (χ4n) is 1.62. The number of rotatable bonds is 6. The number of carbonyl (C=O) groups excluding carboxylic acids is 2. The topological polar surface area (TPSA) is 118 Å². The number of ether oxygens (including phenoxy) is 3. The van der Waals surface area contributed by atoms with Crippen LogP contribution in [0.5, 0.6) is 0 Å². The van der Waals surface area contributed by atoms with Crippen molar-refractivity contribution in [3.8, 4) is 5.95 Å². The number of aromatic nitrogens is 5. The first-order valence-electron chi connectivity index (χ1n) is 6.53. The summed E-state index contributed by atoms with van der Waals surface area (Å²) in [4.78, 5) is 31.2. The van der Waals surface area contributed by atoms with Crippen molar-refractivity contribution >= 4 is 11.9 Å². The lowest BCUT2D eigenvalue weighted by Gasteiger charge is -2.12. The highest BCUT2D eigenvalue weighted by atomic mass is 16.6. The van der Waals surface area contributed by atoms with Crippen LogP contribution >= 0.6 is 0 Å². The van der Waals surface area contributed by atoms with Crippen LogP contribution in [0.15, 0.2) is 18.5 Å². The Morgan fingerprint density at radius 1 is 1.26 bits per heavy atom. The van der Waals surface area contributed by atoms with Crippen LogP contribution in [0.1, 0.15) is 11.4 Å². The molecule has 0 radical (unpaired) electrons. The summed E-state index contributed by atoms with van der Waals surface area (Å²) < 4.78 is 15.5. The SMILES string of the molecule is COC(=O)C(OCc1cn(-c2nccc(C)n2)nn1)C(=O)OC. The van der Waals surface area contributed by atoms with Gasteiger partial charge in [0.2, 0.25) is 0 Å². The van der Waals surface area contributed by atoms with E-state index in [0.717, 1.165) is 19.9 Å². The molecule has 10 nitrogen and oxygen atoms in total. The summed E-state index contributed by atoms with van der Waals surface area (Å²) in [6.45, 7) is 1.68. The summed E-state index contributed by atoms with van der Waals surface area (Å²) in [7, 11) is 2.29. The highest BCUT2D eigenvalue weighted by molar-refractivity contribution is 5.97.